The Morgan fingerprint density at radius 2 is 2.38 bits per heavy atom. The number of aromatic nitrogens is 4. The van der Waals surface area contributed by atoms with E-state index in [0.29, 0.717) is 12.2 Å². The summed E-state index contributed by atoms with van der Waals surface area (Å²) in [6, 6.07) is 0. The first-order valence-electron chi connectivity index (χ1n) is 4.65. The number of hydrogen-bond acceptors (Lipinski definition) is 5. The summed E-state index contributed by atoms with van der Waals surface area (Å²) in [7, 11) is 0. The first-order chi connectivity index (χ1) is 7.63. The number of rotatable bonds is 4. The fraction of sp³-hybridized carbons (Fsp3) is 0.333. The van der Waals surface area contributed by atoms with Crippen LogP contribution in [-0.2, 0) is 17.8 Å². The largest absolute Gasteiger partial charge is 0.481 e. The molecule has 0 aliphatic carbocycles. The lowest BCUT2D eigenvalue weighted by Gasteiger charge is -1.94. The van der Waals surface area contributed by atoms with Crippen molar-refractivity contribution in [3.05, 3.63) is 28.0 Å². The number of carbonyl (C=O) groups is 1. The number of nitrogens with zero attached hydrogens (tertiary/aromatic N) is 4. The van der Waals surface area contributed by atoms with E-state index in [9.17, 15) is 4.79 Å². The Bertz CT molecular complexity index is 505. The monoisotopic (exact) mass is 238 g/mol. The van der Waals surface area contributed by atoms with E-state index in [1.165, 1.54) is 0 Å². The second kappa shape index (κ2) is 4.40. The van der Waals surface area contributed by atoms with E-state index >= 15 is 0 Å². The molecule has 0 aromatic carbocycles. The van der Waals surface area contributed by atoms with Crippen molar-refractivity contribution in [3.8, 4) is 0 Å². The first kappa shape index (κ1) is 10.7. The molecule has 0 aliphatic rings. The maximum absolute atomic E-state index is 10.5. The molecule has 7 heteroatoms. The van der Waals surface area contributed by atoms with Gasteiger partial charge >= 0.3 is 5.97 Å². The molecule has 2 aromatic heterocycles. The summed E-state index contributed by atoms with van der Waals surface area (Å²) in [6.45, 7) is 2.46. The Balaban J connectivity index is 2.05. The van der Waals surface area contributed by atoms with E-state index in [2.05, 4.69) is 15.3 Å². The summed E-state index contributed by atoms with van der Waals surface area (Å²) in [4.78, 5) is 14.7. The highest BCUT2D eigenvalue weighted by molar-refractivity contribution is 7.09. The lowest BCUT2D eigenvalue weighted by Crippen LogP contribution is -2.01. The molecule has 16 heavy (non-hydrogen) atoms. The highest BCUT2D eigenvalue weighted by atomic mass is 32.1. The van der Waals surface area contributed by atoms with Crippen molar-refractivity contribution in [2.75, 3.05) is 0 Å². The van der Waals surface area contributed by atoms with Crippen LogP contribution >= 0.6 is 11.3 Å². The first-order valence-corrected chi connectivity index (χ1v) is 5.53. The molecule has 84 valence electrons. The van der Waals surface area contributed by atoms with E-state index in [1.54, 1.807) is 22.2 Å². The zero-order chi connectivity index (χ0) is 11.5. The Hall–Kier alpha value is -1.76. The zero-order valence-electron chi connectivity index (χ0n) is 8.62. The minimum absolute atomic E-state index is 0.101. The van der Waals surface area contributed by atoms with Crippen LogP contribution in [0.2, 0.25) is 0 Å². The third-order valence-electron chi connectivity index (χ3n) is 1.91. The highest BCUT2D eigenvalue weighted by Gasteiger charge is 2.06. The van der Waals surface area contributed by atoms with Crippen LogP contribution in [0, 0.1) is 6.92 Å². The minimum atomic E-state index is -0.906. The van der Waals surface area contributed by atoms with Crippen LogP contribution in [-0.4, -0.2) is 31.1 Å². The summed E-state index contributed by atoms with van der Waals surface area (Å²) >= 11 is 1.57. The van der Waals surface area contributed by atoms with Gasteiger partial charge in [0.2, 0.25) is 0 Å². The van der Waals surface area contributed by atoms with E-state index in [1.807, 2.05) is 12.3 Å². The topological polar surface area (TPSA) is 80.9 Å². The Morgan fingerprint density at radius 1 is 1.56 bits per heavy atom. The van der Waals surface area contributed by atoms with Crippen LogP contribution in [0.4, 0.5) is 0 Å². The minimum Gasteiger partial charge on any atom is -0.481 e. The van der Waals surface area contributed by atoms with Gasteiger partial charge < -0.3 is 5.11 Å². The van der Waals surface area contributed by atoms with Gasteiger partial charge in [-0.2, -0.15) is 0 Å². The number of thiazole rings is 1. The van der Waals surface area contributed by atoms with Crippen LogP contribution in [0.25, 0.3) is 0 Å². The molecule has 0 fully saturated rings. The number of aryl methyl sites for hydroxylation is 1. The van der Waals surface area contributed by atoms with Gasteiger partial charge in [0.05, 0.1) is 29.4 Å². The summed E-state index contributed by atoms with van der Waals surface area (Å²) < 4.78 is 1.59. The second-order valence-electron chi connectivity index (χ2n) is 3.34. The molecule has 0 aliphatic heterocycles. The predicted molar refractivity (Wildman–Crippen MR) is 57.3 cm³/mol. The van der Waals surface area contributed by atoms with E-state index in [-0.39, 0.29) is 6.42 Å². The molecule has 0 bridgehead atoms. The van der Waals surface area contributed by atoms with Gasteiger partial charge in [-0.25, -0.2) is 9.67 Å². The van der Waals surface area contributed by atoms with Crippen LogP contribution in [0.3, 0.4) is 0 Å². The molecular formula is C9H10N4O2S. The van der Waals surface area contributed by atoms with Gasteiger partial charge in [0.15, 0.2) is 0 Å². The maximum Gasteiger partial charge on any atom is 0.309 e. The van der Waals surface area contributed by atoms with E-state index in [4.69, 9.17) is 5.11 Å². The maximum atomic E-state index is 10.5. The van der Waals surface area contributed by atoms with Crippen LogP contribution in [0.5, 0.6) is 0 Å². The third kappa shape index (κ3) is 2.63. The van der Waals surface area contributed by atoms with E-state index in [0.717, 1.165) is 10.7 Å². The zero-order valence-corrected chi connectivity index (χ0v) is 9.44. The smallest absolute Gasteiger partial charge is 0.309 e. The summed E-state index contributed by atoms with van der Waals surface area (Å²) in [5.74, 6) is -0.906. The van der Waals surface area contributed by atoms with Gasteiger partial charge in [0, 0.05) is 11.6 Å². The SMILES string of the molecule is Cc1nc(Cn2cc(CC(=O)O)nn2)cs1. The summed E-state index contributed by atoms with van der Waals surface area (Å²) in [5.41, 5.74) is 1.37. The molecule has 6 nitrogen and oxygen atoms in total. The van der Waals surface area contributed by atoms with Crippen molar-refractivity contribution in [1.29, 1.82) is 0 Å². The Morgan fingerprint density at radius 3 is 3.00 bits per heavy atom. The van der Waals surface area contributed by atoms with Crippen LogP contribution < -0.4 is 0 Å². The van der Waals surface area contributed by atoms with Crippen LogP contribution in [0.1, 0.15) is 16.4 Å². The number of aliphatic carboxylic acids is 1. The van der Waals surface area contributed by atoms with Gasteiger partial charge in [-0.15, -0.1) is 16.4 Å². The normalized spacial score (nSPS) is 10.6. The molecule has 0 radical (unpaired) electrons. The quantitative estimate of drug-likeness (QED) is 0.848. The number of carboxylic acid groups (broad SMARTS) is 1. The molecule has 2 aromatic rings. The molecule has 2 heterocycles. The molecule has 2 rings (SSSR count). The van der Waals surface area contributed by atoms with Gasteiger partial charge in [0.1, 0.15) is 0 Å². The number of carboxylic acids is 1. The number of hydrogen-bond donors (Lipinski definition) is 1. The molecule has 0 unspecified atom stereocenters. The summed E-state index contributed by atoms with van der Waals surface area (Å²) in [5, 5.41) is 19.1. The molecular weight excluding hydrogens is 228 g/mol. The molecule has 0 amide bonds. The predicted octanol–water partition coefficient (Wildman–Crippen LogP) is 0.718. The van der Waals surface area contributed by atoms with Crippen molar-refractivity contribution in [2.45, 2.75) is 19.9 Å². The highest BCUT2D eigenvalue weighted by Crippen LogP contribution is 2.09. The summed E-state index contributed by atoms with van der Waals surface area (Å²) in [6.07, 6.45) is 1.53. The molecule has 0 saturated heterocycles. The van der Waals surface area contributed by atoms with Crippen molar-refractivity contribution in [3.63, 3.8) is 0 Å². The van der Waals surface area contributed by atoms with Gasteiger partial charge in [0.25, 0.3) is 0 Å². The third-order valence-corrected chi connectivity index (χ3v) is 2.73. The van der Waals surface area contributed by atoms with Gasteiger partial charge in [-0.05, 0) is 6.92 Å². The standard InChI is InChI=1S/C9H10N4O2S/c1-6-10-8(5-16-6)4-13-3-7(11-12-13)2-9(14)15/h3,5H,2,4H2,1H3,(H,14,15). The van der Waals surface area contributed by atoms with Crippen molar-refractivity contribution in [1.82, 2.24) is 20.0 Å². The van der Waals surface area contributed by atoms with Crippen molar-refractivity contribution >= 4 is 17.3 Å². The van der Waals surface area contributed by atoms with Gasteiger partial charge in [-0.3, -0.25) is 4.79 Å². The lowest BCUT2D eigenvalue weighted by molar-refractivity contribution is -0.136. The van der Waals surface area contributed by atoms with Crippen molar-refractivity contribution < 1.29 is 9.90 Å². The Labute approximate surface area is 95.6 Å². The molecule has 0 saturated carbocycles. The van der Waals surface area contributed by atoms with Crippen molar-refractivity contribution in [2.24, 2.45) is 0 Å². The second-order valence-corrected chi connectivity index (χ2v) is 4.40. The fourth-order valence-electron chi connectivity index (χ4n) is 1.30. The fourth-order valence-corrected chi connectivity index (χ4v) is 1.90. The van der Waals surface area contributed by atoms with E-state index < -0.39 is 5.97 Å². The molecule has 0 atom stereocenters. The van der Waals surface area contributed by atoms with Crippen LogP contribution in [0.15, 0.2) is 11.6 Å². The van der Waals surface area contributed by atoms with Gasteiger partial charge in [-0.1, -0.05) is 5.21 Å². The average molecular weight is 238 g/mol. The Kier molecular flexibility index (Phi) is 2.95. The lowest BCUT2D eigenvalue weighted by atomic mass is 10.3. The average Bonchev–Trinajstić information content (AvgIpc) is 2.76. The molecule has 0 spiro atoms. The molecule has 1 N–H and O–H groups in total.